The summed E-state index contributed by atoms with van der Waals surface area (Å²) in [7, 11) is 1.49. The molecule has 2 aromatic rings. The van der Waals surface area contributed by atoms with Gasteiger partial charge in [0.05, 0.1) is 18.8 Å². The number of nitrogens with zero attached hydrogens (tertiary/aromatic N) is 1. The van der Waals surface area contributed by atoms with Crippen LogP contribution < -0.4 is 10.2 Å². The molecule has 1 aromatic heterocycles. The summed E-state index contributed by atoms with van der Waals surface area (Å²) in [4.78, 5) is 14.0. The third-order valence-corrected chi connectivity index (χ3v) is 4.39. The topological polar surface area (TPSA) is 63.9 Å². The Labute approximate surface area is 160 Å². The Morgan fingerprint density at radius 1 is 1.21 bits per heavy atom. The Bertz CT molecular complexity index is 814. The average molecular weight is 398 g/mol. The van der Waals surface area contributed by atoms with Gasteiger partial charge in [-0.15, -0.1) is 0 Å². The van der Waals surface area contributed by atoms with Crippen LogP contribution in [-0.2, 0) is 28.8 Å². The lowest BCUT2D eigenvalue weighted by atomic mass is 10.0. The number of furan rings is 1. The summed E-state index contributed by atoms with van der Waals surface area (Å²) in [5.74, 6) is -0.114. The van der Waals surface area contributed by atoms with Crippen molar-refractivity contribution in [1.29, 1.82) is 0 Å². The van der Waals surface area contributed by atoms with E-state index in [0.717, 1.165) is 6.07 Å². The summed E-state index contributed by atoms with van der Waals surface area (Å²) in [6.07, 6.45) is -4.53. The fourth-order valence-electron chi connectivity index (χ4n) is 2.98. The number of anilines is 1. The minimum atomic E-state index is -4.53. The van der Waals surface area contributed by atoms with E-state index in [1.165, 1.54) is 19.2 Å². The molecule has 28 heavy (non-hydrogen) atoms. The van der Waals surface area contributed by atoms with Crippen molar-refractivity contribution >= 4 is 11.6 Å². The van der Waals surface area contributed by atoms with Crippen LogP contribution in [0.5, 0.6) is 0 Å². The van der Waals surface area contributed by atoms with Crippen molar-refractivity contribution in [3.63, 3.8) is 0 Å². The van der Waals surface area contributed by atoms with E-state index < -0.39 is 17.6 Å². The van der Waals surface area contributed by atoms with Gasteiger partial charge in [-0.05, 0) is 29.8 Å². The first-order chi connectivity index (χ1) is 13.4. The number of methoxy groups -OCH3 is 1. The predicted octanol–water partition coefficient (Wildman–Crippen LogP) is 3.21. The van der Waals surface area contributed by atoms with Gasteiger partial charge in [0.1, 0.15) is 12.4 Å². The number of carbonyl (C=O) groups excluding carboxylic acids is 1. The summed E-state index contributed by atoms with van der Waals surface area (Å²) in [6, 6.07) is 7.18. The summed E-state index contributed by atoms with van der Waals surface area (Å²) in [6.45, 7) is 1.97. The second-order valence-corrected chi connectivity index (χ2v) is 6.32. The largest absolute Gasteiger partial charge is 0.453 e. The molecular weight excluding hydrogens is 377 g/mol. The Morgan fingerprint density at radius 2 is 1.96 bits per heavy atom. The number of morpholine rings is 1. The minimum Gasteiger partial charge on any atom is -0.453 e. The van der Waals surface area contributed by atoms with Gasteiger partial charge >= 0.3 is 6.18 Å². The molecule has 9 heteroatoms. The van der Waals surface area contributed by atoms with Crippen LogP contribution in [0, 0.1) is 0 Å². The number of hydrogen-bond donors (Lipinski definition) is 1. The zero-order chi connectivity index (χ0) is 20.1. The molecule has 0 atom stereocenters. The lowest BCUT2D eigenvalue weighted by Crippen LogP contribution is -2.36. The van der Waals surface area contributed by atoms with Crippen molar-refractivity contribution in [1.82, 2.24) is 5.32 Å². The van der Waals surface area contributed by atoms with Gasteiger partial charge in [0.2, 0.25) is 0 Å². The Kier molecular flexibility index (Phi) is 6.25. The van der Waals surface area contributed by atoms with Gasteiger partial charge in [0.25, 0.3) is 5.91 Å². The molecule has 6 nitrogen and oxygen atoms in total. The second kappa shape index (κ2) is 8.66. The zero-order valence-corrected chi connectivity index (χ0v) is 15.3. The van der Waals surface area contributed by atoms with Crippen LogP contribution in [0.15, 0.2) is 34.7 Å². The van der Waals surface area contributed by atoms with E-state index in [-0.39, 0.29) is 24.5 Å². The number of benzene rings is 1. The number of alkyl halides is 3. The highest BCUT2D eigenvalue weighted by atomic mass is 19.4. The fourth-order valence-corrected chi connectivity index (χ4v) is 2.98. The predicted molar refractivity (Wildman–Crippen MR) is 95.1 cm³/mol. The first-order valence-electron chi connectivity index (χ1n) is 8.77. The molecule has 0 aliphatic carbocycles. The minimum absolute atomic E-state index is 0.0125. The van der Waals surface area contributed by atoms with Crippen LogP contribution in [0.2, 0.25) is 0 Å². The van der Waals surface area contributed by atoms with Gasteiger partial charge in [0.15, 0.2) is 5.76 Å². The lowest BCUT2D eigenvalue weighted by molar-refractivity contribution is -0.138. The van der Waals surface area contributed by atoms with Crippen LogP contribution in [0.4, 0.5) is 18.9 Å². The van der Waals surface area contributed by atoms with E-state index in [0.29, 0.717) is 37.8 Å². The van der Waals surface area contributed by atoms with Gasteiger partial charge in [-0.25, -0.2) is 0 Å². The molecule has 0 spiro atoms. The molecule has 0 saturated carbocycles. The molecule has 0 radical (unpaired) electrons. The Morgan fingerprint density at radius 3 is 2.64 bits per heavy atom. The number of rotatable bonds is 6. The van der Waals surface area contributed by atoms with E-state index in [1.54, 1.807) is 12.1 Å². The van der Waals surface area contributed by atoms with E-state index in [4.69, 9.17) is 13.9 Å². The first-order valence-corrected chi connectivity index (χ1v) is 8.77. The molecule has 1 fully saturated rings. The molecule has 3 rings (SSSR count). The summed E-state index contributed by atoms with van der Waals surface area (Å²) in [5, 5.41) is 2.48. The lowest BCUT2D eigenvalue weighted by Gasteiger charge is -2.29. The van der Waals surface area contributed by atoms with Crippen LogP contribution in [0.25, 0.3) is 0 Å². The highest BCUT2D eigenvalue weighted by Crippen LogP contribution is 2.35. The maximum atomic E-state index is 13.5. The van der Waals surface area contributed by atoms with Gasteiger partial charge in [0, 0.05) is 32.4 Å². The quantitative estimate of drug-likeness (QED) is 0.810. The maximum Gasteiger partial charge on any atom is 0.416 e. The van der Waals surface area contributed by atoms with Crippen LogP contribution in [0.1, 0.15) is 27.4 Å². The monoisotopic (exact) mass is 398 g/mol. The van der Waals surface area contributed by atoms with Gasteiger partial charge in [-0.1, -0.05) is 6.07 Å². The van der Waals surface area contributed by atoms with Crippen LogP contribution in [-0.4, -0.2) is 39.3 Å². The van der Waals surface area contributed by atoms with Crippen molar-refractivity contribution in [3.05, 3.63) is 53.0 Å². The zero-order valence-electron chi connectivity index (χ0n) is 15.3. The molecule has 0 unspecified atom stereocenters. The van der Waals surface area contributed by atoms with Crippen molar-refractivity contribution in [2.45, 2.75) is 19.3 Å². The smallest absolute Gasteiger partial charge is 0.416 e. The molecule has 1 N–H and O–H groups in total. The van der Waals surface area contributed by atoms with Gasteiger partial charge in [-0.3, -0.25) is 4.79 Å². The van der Waals surface area contributed by atoms with E-state index >= 15 is 0 Å². The molecule has 1 amide bonds. The van der Waals surface area contributed by atoms with E-state index in [9.17, 15) is 18.0 Å². The van der Waals surface area contributed by atoms with Crippen molar-refractivity contribution in [2.75, 3.05) is 38.3 Å². The SMILES string of the molecule is COCc1ccc(C(=O)NCc2ccc(N3CCOCC3)cc2C(F)(F)F)o1. The number of halogens is 3. The molecule has 152 valence electrons. The summed E-state index contributed by atoms with van der Waals surface area (Å²) < 4.78 is 56.1. The standard InChI is InChI=1S/C19H21F3N2O4/c1-26-12-15-4-5-17(28-15)18(25)23-11-13-2-3-14(10-16(13)19(20,21)22)24-6-8-27-9-7-24/h2-5,10H,6-9,11-12H2,1H3,(H,23,25). The highest BCUT2D eigenvalue weighted by Gasteiger charge is 2.34. The van der Waals surface area contributed by atoms with Gasteiger partial charge < -0.3 is 24.1 Å². The maximum absolute atomic E-state index is 13.5. The normalized spacial score (nSPS) is 14.9. The van der Waals surface area contributed by atoms with Crippen molar-refractivity contribution in [2.24, 2.45) is 0 Å². The van der Waals surface area contributed by atoms with Crippen molar-refractivity contribution < 1.29 is 31.9 Å². The molecule has 1 aliphatic rings. The third kappa shape index (κ3) is 4.85. The molecule has 1 aliphatic heterocycles. The molecule has 1 saturated heterocycles. The third-order valence-electron chi connectivity index (χ3n) is 4.39. The fraction of sp³-hybridized carbons (Fsp3) is 0.421. The van der Waals surface area contributed by atoms with Gasteiger partial charge in [-0.2, -0.15) is 13.2 Å². The second-order valence-electron chi connectivity index (χ2n) is 6.32. The number of amides is 1. The first kappa shape index (κ1) is 20.2. The average Bonchev–Trinajstić information content (AvgIpc) is 3.15. The summed E-state index contributed by atoms with van der Waals surface area (Å²) >= 11 is 0. The molecule has 0 bridgehead atoms. The van der Waals surface area contributed by atoms with Crippen LogP contribution in [0.3, 0.4) is 0 Å². The van der Waals surface area contributed by atoms with E-state index in [2.05, 4.69) is 5.32 Å². The number of ether oxygens (including phenoxy) is 2. The van der Waals surface area contributed by atoms with Crippen molar-refractivity contribution in [3.8, 4) is 0 Å². The number of nitrogens with one attached hydrogen (secondary N) is 1. The highest BCUT2D eigenvalue weighted by molar-refractivity contribution is 5.91. The Hall–Kier alpha value is -2.52. The number of carbonyl (C=O) groups is 1. The Balaban J connectivity index is 1.73. The molecule has 1 aromatic carbocycles. The molecular formula is C19H21F3N2O4. The van der Waals surface area contributed by atoms with Crippen LogP contribution >= 0.6 is 0 Å². The molecule has 2 heterocycles. The number of hydrogen-bond acceptors (Lipinski definition) is 5. The summed E-state index contributed by atoms with van der Waals surface area (Å²) in [5.41, 5.74) is -0.293. The van der Waals surface area contributed by atoms with E-state index in [1.807, 2.05) is 4.90 Å².